The Hall–Kier alpha value is -3.09. The normalized spacial score (nSPS) is 14.0. The molecule has 1 aliphatic rings. The third-order valence-electron chi connectivity index (χ3n) is 6.69. The number of hydrogen-bond donors (Lipinski definition) is 2. The van der Waals surface area contributed by atoms with Gasteiger partial charge in [0.15, 0.2) is 0 Å². The second-order valence-electron chi connectivity index (χ2n) is 9.47. The van der Waals surface area contributed by atoms with E-state index in [9.17, 15) is 4.79 Å². The Morgan fingerprint density at radius 1 is 1.08 bits per heavy atom. The largest absolute Gasteiger partial charge is 0.492 e. The molecule has 1 unspecified atom stereocenters. The highest BCUT2D eigenvalue weighted by molar-refractivity contribution is 5.97. The number of carbonyl (C=O) groups is 1. The van der Waals surface area contributed by atoms with Crippen LogP contribution in [0.3, 0.4) is 0 Å². The second-order valence-corrected chi connectivity index (χ2v) is 9.47. The lowest BCUT2D eigenvalue weighted by molar-refractivity contribution is 0.0939. The number of benzene rings is 3. The Balaban J connectivity index is 0.00000176. The molecule has 0 aromatic heterocycles. The Kier molecular flexibility index (Phi) is 9.73. The predicted molar refractivity (Wildman–Crippen MR) is 151 cm³/mol. The molecule has 1 atom stereocenters. The minimum Gasteiger partial charge on any atom is -0.492 e. The Bertz CT molecular complexity index is 1160. The summed E-state index contributed by atoms with van der Waals surface area (Å²) in [6, 6.07) is 18.7. The van der Waals surface area contributed by atoms with Crippen molar-refractivity contribution in [1.82, 2.24) is 15.5 Å². The van der Waals surface area contributed by atoms with Crippen LogP contribution < -0.4 is 20.3 Å². The van der Waals surface area contributed by atoms with Crippen LogP contribution in [0, 0.1) is 6.92 Å². The molecule has 3 aromatic carbocycles. The summed E-state index contributed by atoms with van der Waals surface area (Å²) in [4.78, 5) is 17.8. The zero-order valence-electron chi connectivity index (χ0n) is 22.9. The van der Waals surface area contributed by atoms with Crippen LogP contribution in [0.5, 0.6) is 5.75 Å². The summed E-state index contributed by atoms with van der Waals surface area (Å²) in [6.45, 7) is 11.4. The fourth-order valence-corrected chi connectivity index (χ4v) is 4.36. The van der Waals surface area contributed by atoms with Gasteiger partial charge in [-0.2, -0.15) is 0 Å². The van der Waals surface area contributed by atoms with Crippen LogP contribution in [0.4, 0.5) is 5.69 Å². The SMILES string of the molecule is CC.Cc1ccc(N(C)C2CNC2)cc1C(=O)NC(C)c1c(OCCN(C)C)ccc2ccccc12. The van der Waals surface area contributed by atoms with E-state index in [1.54, 1.807) is 0 Å². The van der Waals surface area contributed by atoms with Crippen molar-refractivity contribution in [3.05, 3.63) is 71.3 Å². The predicted octanol–water partition coefficient (Wildman–Crippen LogP) is 5.01. The van der Waals surface area contributed by atoms with Gasteiger partial charge < -0.3 is 25.2 Å². The Morgan fingerprint density at radius 3 is 2.47 bits per heavy atom. The van der Waals surface area contributed by atoms with Crippen molar-refractivity contribution in [3.8, 4) is 5.75 Å². The zero-order valence-corrected chi connectivity index (χ0v) is 22.9. The number of likely N-dealkylation sites (N-methyl/N-ethyl adjacent to an activating group) is 2. The number of carbonyl (C=O) groups excluding carboxylic acids is 1. The lowest BCUT2D eigenvalue weighted by atomic mass is 9.97. The van der Waals surface area contributed by atoms with Crippen molar-refractivity contribution in [2.45, 2.75) is 39.8 Å². The van der Waals surface area contributed by atoms with E-state index in [0.29, 0.717) is 18.2 Å². The molecule has 6 nitrogen and oxygen atoms in total. The quantitative estimate of drug-likeness (QED) is 0.441. The summed E-state index contributed by atoms with van der Waals surface area (Å²) >= 11 is 0. The molecular weight excluding hydrogens is 448 g/mol. The molecule has 4 rings (SSSR count). The van der Waals surface area contributed by atoms with Crippen LogP contribution in [0.15, 0.2) is 54.6 Å². The van der Waals surface area contributed by atoms with Gasteiger partial charge in [0.05, 0.1) is 12.1 Å². The number of nitrogens with zero attached hydrogens (tertiary/aromatic N) is 2. The van der Waals surface area contributed by atoms with Crippen LogP contribution in [0.2, 0.25) is 0 Å². The number of rotatable bonds is 9. The molecule has 0 radical (unpaired) electrons. The van der Waals surface area contributed by atoms with E-state index in [2.05, 4.69) is 51.7 Å². The van der Waals surface area contributed by atoms with Gasteiger partial charge in [0.1, 0.15) is 12.4 Å². The van der Waals surface area contributed by atoms with Gasteiger partial charge in [-0.05, 0) is 62.5 Å². The van der Waals surface area contributed by atoms with Crippen molar-refractivity contribution in [2.75, 3.05) is 52.3 Å². The first-order valence-corrected chi connectivity index (χ1v) is 13.0. The fraction of sp³-hybridized carbons (Fsp3) is 0.433. The van der Waals surface area contributed by atoms with E-state index in [-0.39, 0.29) is 11.9 Å². The Labute approximate surface area is 216 Å². The molecule has 36 heavy (non-hydrogen) atoms. The molecule has 3 aromatic rings. The van der Waals surface area contributed by atoms with Gasteiger partial charge >= 0.3 is 0 Å². The minimum atomic E-state index is -0.218. The first-order chi connectivity index (χ1) is 17.3. The monoisotopic (exact) mass is 490 g/mol. The number of anilines is 1. The van der Waals surface area contributed by atoms with Gasteiger partial charge in [0.25, 0.3) is 5.91 Å². The number of aryl methyl sites for hydroxylation is 1. The van der Waals surface area contributed by atoms with E-state index < -0.39 is 0 Å². The van der Waals surface area contributed by atoms with Crippen molar-refractivity contribution in [3.63, 3.8) is 0 Å². The van der Waals surface area contributed by atoms with Gasteiger partial charge in [-0.15, -0.1) is 0 Å². The molecule has 1 saturated heterocycles. The van der Waals surface area contributed by atoms with E-state index in [1.807, 2.05) is 72.1 Å². The highest BCUT2D eigenvalue weighted by atomic mass is 16.5. The summed E-state index contributed by atoms with van der Waals surface area (Å²) in [5.74, 6) is 0.746. The molecule has 2 N–H and O–H groups in total. The standard InChI is InChI=1S/C28H36N4O2.C2H6/c1-19-10-12-22(32(5)23-17-29-18-23)16-25(19)28(33)30-20(2)27-24-9-7-6-8-21(24)11-13-26(27)34-15-14-31(3)4;1-2/h6-13,16,20,23,29H,14-15,17-18H2,1-5H3,(H,30,33);1-2H3. The molecule has 1 amide bonds. The average molecular weight is 491 g/mol. The smallest absolute Gasteiger partial charge is 0.252 e. The van der Waals surface area contributed by atoms with Crippen molar-refractivity contribution in [1.29, 1.82) is 0 Å². The maximum atomic E-state index is 13.4. The topological polar surface area (TPSA) is 56.8 Å². The maximum absolute atomic E-state index is 13.4. The second kappa shape index (κ2) is 12.7. The lowest BCUT2D eigenvalue weighted by Gasteiger charge is -2.37. The number of ether oxygens (including phenoxy) is 1. The summed E-state index contributed by atoms with van der Waals surface area (Å²) in [7, 11) is 6.15. The summed E-state index contributed by atoms with van der Waals surface area (Å²) in [5, 5.41) is 8.79. The van der Waals surface area contributed by atoms with E-state index >= 15 is 0 Å². The van der Waals surface area contributed by atoms with Crippen molar-refractivity contribution in [2.24, 2.45) is 0 Å². The summed E-state index contributed by atoms with van der Waals surface area (Å²) < 4.78 is 6.18. The number of nitrogens with one attached hydrogen (secondary N) is 2. The van der Waals surface area contributed by atoms with Gasteiger partial charge in [-0.3, -0.25) is 4.79 Å². The van der Waals surface area contributed by atoms with Crippen LogP contribution in [-0.4, -0.2) is 64.2 Å². The van der Waals surface area contributed by atoms with E-state index in [1.165, 1.54) is 0 Å². The molecule has 1 aliphatic heterocycles. The molecule has 6 heteroatoms. The molecule has 0 aliphatic carbocycles. The van der Waals surface area contributed by atoms with Gasteiger partial charge in [0, 0.05) is 43.5 Å². The molecule has 0 bridgehead atoms. The highest BCUT2D eigenvalue weighted by Gasteiger charge is 2.24. The van der Waals surface area contributed by atoms with Gasteiger partial charge in [-0.25, -0.2) is 0 Å². The van der Waals surface area contributed by atoms with Crippen LogP contribution in [0.25, 0.3) is 10.8 Å². The third-order valence-corrected chi connectivity index (χ3v) is 6.69. The van der Waals surface area contributed by atoms with E-state index in [4.69, 9.17) is 4.74 Å². The highest BCUT2D eigenvalue weighted by Crippen LogP contribution is 2.33. The minimum absolute atomic E-state index is 0.0702. The van der Waals surface area contributed by atoms with E-state index in [0.717, 1.165) is 53.0 Å². The first kappa shape index (κ1) is 27.5. The number of amides is 1. The first-order valence-electron chi connectivity index (χ1n) is 13.0. The van der Waals surface area contributed by atoms with Crippen LogP contribution in [-0.2, 0) is 0 Å². The molecule has 0 spiro atoms. The summed E-state index contributed by atoms with van der Waals surface area (Å²) in [6.07, 6.45) is 0. The molecule has 0 saturated carbocycles. The Morgan fingerprint density at radius 2 is 1.81 bits per heavy atom. The van der Waals surface area contributed by atoms with Crippen molar-refractivity contribution >= 4 is 22.4 Å². The van der Waals surface area contributed by atoms with Crippen LogP contribution in [0.1, 0.15) is 48.3 Å². The molecular formula is C30H42N4O2. The van der Waals surface area contributed by atoms with Crippen molar-refractivity contribution < 1.29 is 9.53 Å². The average Bonchev–Trinajstić information content (AvgIpc) is 2.83. The number of hydrogen-bond acceptors (Lipinski definition) is 5. The molecule has 194 valence electrons. The lowest BCUT2D eigenvalue weighted by Crippen LogP contribution is -2.56. The van der Waals surface area contributed by atoms with Gasteiger partial charge in [0.2, 0.25) is 0 Å². The molecule has 1 fully saturated rings. The molecule has 1 heterocycles. The summed E-state index contributed by atoms with van der Waals surface area (Å²) in [5.41, 5.74) is 3.75. The van der Waals surface area contributed by atoms with Crippen LogP contribution >= 0.6 is 0 Å². The maximum Gasteiger partial charge on any atom is 0.252 e. The zero-order chi connectivity index (χ0) is 26.2. The third kappa shape index (κ3) is 6.37. The fourth-order valence-electron chi connectivity index (χ4n) is 4.36. The van der Waals surface area contributed by atoms with Gasteiger partial charge in [-0.1, -0.05) is 50.2 Å². The number of fused-ring (bicyclic) bond motifs is 1.